The summed E-state index contributed by atoms with van der Waals surface area (Å²) in [4.78, 5) is 4.07. The zero-order valence-corrected chi connectivity index (χ0v) is 10.8. The maximum Gasteiger partial charge on any atom is 0.163 e. The van der Waals surface area contributed by atoms with Crippen molar-refractivity contribution in [3.05, 3.63) is 24.0 Å². The number of anilines is 1. The van der Waals surface area contributed by atoms with Crippen molar-refractivity contribution < 1.29 is 0 Å². The summed E-state index contributed by atoms with van der Waals surface area (Å²) in [6, 6.07) is 6.43. The minimum absolute atomic E-state index is 0.496. The summed E-state index contributed by atoms with van der Waals surface area (Å²) in [6.45, 7) is 2.21. The van der Waals surface area contributed by atoms with Crippen LogP contribution in [0.2, 0.25) is 0 Å². The quantitative estimate of drug-likeness (QED) is 0.888. The number of nitrogens with zero attached hydrogens (tertiary/aromatic N) is 2. The summed E-state index contributed by atoms with van der Waals surface area (Å²) in [5, 5.41) is 13.2. The molecule has 4 heteroatoms. The third kappa shape index (κ3) is 3.13. The molecule has 1 heterocycles. The SMILES string of the molecule is CCSC1CCC(Nc2cccnc2C#N)C1. The molecule has 2 atom stereocenters. The topological polar surface area (TPSA) is 48.7 Å². The molecular weight excluding hydrogens is 230 g/mol. The lowest BCUT2D eigenvalue weighted by Crippen LogP contribution is -2.17. The molecule has 0 spiro atoms. The van der Waals surface area contributed by atoms with Gasteiger partial charge in [-0.1, -0.05) is 6.92 Å². The maximum atomic E-state index is 8.97. The Hall–Kier alpha value is -1.21. The molecule has 90 valence electrons. The molecule has 2 rings (SSSR count). The molecule has 0 bridgehead atoms. The molecule has 1 saturated carbocycles. The van der Waals surface area contributed by atoms with Crippen LogP contribution in [0.4, 0.5) is 5.69 Å². The molecule has 2 unspecified atom stereocenters. The van der Waals surface area contributed by atoms with E-state index >= 15 is 0 Å². The summed E-state index contributed by atoms with van der Waals surface area (Å²) in [7, 11) is 0. The Kier molecular flexibility index (Phi) is 4.27. The van der Waals surface area contributed by atoms with Gasteiger partial charge in [-0.05, 0) is 37.1 Å². The second-order valence-electron chi connectivity index (χ2n) is 4.24. The molecule has 0 radical (unpaired) electrons. The van der Waals surface area contributed by atoms with Gasteiger partial charge in [0, 0.05) is 17.5 Å². The Morgan fingerprint density at radius 3 is 3.24 bits per heavy atom. The fourth-order valence-electron chi connectivity index (χ4n) is 2.29. The number of hydrogen-bond donors (Lipinski definition) is 1. The normalized spacial score (nSPS) is 23.3. The van der Waals surface area contributed by atoms with E-state index in [1.807, 2.05) is 23.9 Å². The van der Waals surface area contributed by atoms with Crippen LogP contribution in [0.5, 0.6) is 0 Å². The van der Waals surface area contributed by atoms with E-state index < -0.39 is 0 Å². The molecular formula is C13H17N3S. The van der Waals surface area contributed by atoms with Crippen molar-refractivity contribution in [2.24, 2.45) is 0 Å². The smallest absolute Gasteiger partial charge is 0.163 e. The standard InChI is InChI=1S/C13H17N3S/c1-2-17-11-6-5-10(8-11)16-12-4-3-7-15-13(12)9-14/h3-4,7,10-11,16H,2,5-6,8H2,1H3. The Morgan fingerprint density at radius 1 is 1.59 bits per heavy atom. The average molecular weight is 247 g/mol. The van der Waals surface area contributed by atoms with Gasteiger partial charge in [0.25, 0.3) is 0 Å². The molecule has 1 aromatic rings. The van der Waals surface area contributed by atoms with Crippen LogP contribution < -0.4 is 5.32 Å². The van der Waals surface area contributed by atoms with E-state index in [2.05, 4.69) is 23.3 Å². The molecule has 0 aromatic carbocycles. The fraction of sp³-hybridized carbons (Fsp3) is 0.538. The lowest BCUT2D eigenvalue weighted by atomic mass is 10.2. The third-order valence-corrected chi connectivity index (χ3v) is 4.29. The zero-order valence-electron chi connectivity index (χ0n) is 10.0. The van der Waals surface area contributed by atoms with Crippen LogP contribution in [0, 0.1) is 11.3 Å². The van der Waals surface area contributed by atoms with Crippen LogP contribution in [0.3, 0.4) is 0 Å². The van der Waals surface area contributed by atoms with Crippen LogP contribution in [-0.4, -0.2) is 22.0 Å². The van der Waals surface area contributed by atoms with Crippen molar-refractivity contribution in [2.75, 3.05) is 11.1 Å². The molecule has 0 saturated heterocycles. The highest BCUT2D eigenvalue weighted by Gasteiger charge is 2.24. The van der Waals surface area contributed by atoms with Crippen LogP contribution in [0.25, 0.3) is 0 Å². The first kappa shape index (κ1) is 12.3. The van der Waals surface area contributed by atoms with Gasteiger partial charge in [0.1, 0.15) is 6.07 Å². The fourth-order valence-corrected chi connectivity index (χ4v) is 3.43. The molecule has 1 N–H and O–H groups in total. The third-order valence-electron chi connectivity index (χ3n) is 3.06. The summed E-state index contributed by atoms with van der Waals surface area (Å²) in [6.07, 6.45) is 5.32. The first-order valence-corrected chi connectivity index (χ1v) is 7.11. The van der Waals surface area contributed by atoms with E-state index in [0.717, 1.165) is 10.9 Å². The van der Waals surface area contributed by atoms with Crippen LogP contribution in [0.15, 0.2) is 18.3 Å². The Bertz CT molecular complexity index is 413. The highest BCUT2D eigenvalue weighted by molar-refractivity contribution is 7.99. The summed E-state index contributed by atoms with van der Waals surface area (Å²) in [5.41, 5.74) is 1.38. The zero-order chi connectivity index (χ0) is 12.1. The van der Waals surface area contributed by atoms with Gasteiger partial charge in [-0.15, -0.1) is 0 Å². The predicted molar refractivity (Wildman–Crippen MR) is 72.1 cm³/mol. The number of rotatable bonds is 4. The average Bonchev–Trinajstić information content (AvgIpc) is 2.78. The summed E-state index contributed by atoms with van der Waals surface area (Å²) < 4.78 is 0. The number of nitriles is 1. The number of thioether (sulfide) groups is 1. The van der Waals surface area contributed by atoms with Crippen molar-refractivity contribution in [3.8, 4) is 6.07 Å². The van der Waals surface area contributed by atoms with Crippen molar-refractivity contribution in [3.63, 3.8) is 0 Å². The second kappa shape index (κ2) is 5.92. The Labute approximate surface area is 107 Å². The van der Waals surface area contributed by atoms with Crippen molar-refractivity contribution >= 4 is 17.4 Å². The van der Waals surface area contributed by atoms with Crippen molar-refractivity contribution in [1.29, 1.82) is 5.26 Å². The maximum absolute atomic E-state index is 8.97. The molecule has 1 aromatic heterocycles. The van der Waals surface area contributed by atoms with E-state index in [9.17, 15) is 0 Å². The van der Waals surface area contributed by atoms with E-state index in [-0.39, 0.29) is 0 Å². The van der Waals surface area contributed by atoms with E-state index in [0.29, 0.717) is 11.7 Å². The summed E-state index contributed by atoms with van der Waals surface area (Å²) in [5.74, 6) is 1.19. The highest BCUT2D eigenvalue weighted by Crippen LogP contribution is 2.31. The molecule has 1 aliphatic carbocycles. The van der Waals surface area contributed by atoms with Crippen LogP contribution in [0.1, 0.15) is 31.9 Å². The van der Waals surface area contributed by atoms with Gasteiger partial charge in [0.15, 0.2) is 5.69 Å². The molecule has 17 heavy (non-hydrogen) atoms. The van der Waals surface area contributed by atoms with Crippen LogP contribution in [-0.2, 0) is 0 Å². The minimum Gasteiger partial charge on any atom is -0.380 e. The van der Waals surface area contributed by atoms with Crippen molar-refractivity contribution in [1.82, 2.24) is 4.98 Å². The van der Waals surface area contributed by atoms with Gasteiger partial charge in [-0.3, -0.25) is 0 Å². The van der Waals surface area contributed by atoms with Gasteiger partial charge < -0.3 is 5.32 Å². The second-order valence-corrected chi connectivity index (χ2v) is 5.82. The van der Waals surface area contributed by atoms with E-state index in [4.69, 9.17) is 5.26 Å². The van der Waals surface area contributed by atoms with Gasteiger partial charge in [-0.2, -0.15) is 17.0 Å². The summed E-state index contributed by atoms with van der Waals surface area (Å²) >= 11 is 2.04. The highest BCUT2D eigenvalue weighted by atomic mass is 32.2. The number of hydrogen-bond acceptors (Lipinski definition) is 4. The van der Waals surface area contributed by atoms with E-state index in [1.165, 1.54) is 25.0 Å². The van der Waals surface area contributed by atoms with Gasteiger partial charge in [0.2, 0.25) is 0 Å². The molecule has 1 aliphatic rings. The molecule has 0 amide bonds. The molecule has 1 fully saturated rings. The lowest BCUT2D eigenvalue weighted by molar-refractivity contribution is 0.755. The van der Waals surface area contributed by atoms with Crippen LogP contribution >= 0.6 is 11.8 Å². The molecule has 3 nitrogen and oxygen atoms in total. The number of aromatic nitrogens is 1. The first-order valence-electron chi connectivity index (χ1n) is 6.06. The Balaban J connectivity index is 1.96. The number of pyridine rings is 1. The predicted octanol–water partition coefficient (Wildman–Crippen LogP) is 3.04. The Morgan fingerprint density at radius 2 is 2.47 bits per heavy atom. The van der Waals surface area contributed by atoms with Gasteiger partial charge >= 0.3 is 0 Å². The van der Waals surface area contributed by atoms with Gasteiger partial charge in [0.05, 0.1) is 5.69 Å². The monoisotopic (exact) mass is 247 g/mol. The lowest BCUT2D eigenvalue weighted by Gasteiger charge is -2.14. The van der Waals surface area contributed by atoms with Crippen molar-refractivity contribution in [2.45, 2.75) is 37.5 Å². The number of nitrogens with one attached hydrogen (secondary N) is 1. The largest absolute Gasteiger partial charge is 0.380 e. The van der Waals surface area contributed by atoms with E-state index in [1.54, 1.807) is 6.20 Å². The van der Waals surface area contributed by atoms with Gasteiger partial charge in [-0.25, -0.2) is 4.98 Å². The molecule has 0 aliphatic heterocycles. The first-order chi connectivity index (χ1) is 8.33. The minimum atomic E-state index is 0.496.